The van der Waals surface area contributed by atoms with E-state index >= 15 is 0 Å². The Morgan fingerprint density at radius 2 is 1.69 bits per heavy atom. The van der Waals surface area contributed by atoms with Crippen molar-refractivity contribution in [3.05, 3.63) is 64.7 Å². The maximum Gasteiger partial charge on any atom is 0.430 e. The molecule has 0 aromatic heterocycles. The summed E-state index contributed by atoms with van der Waals surface area (Å²) in [6.45, 7) is 4.86. The number of carbonyl (C=O) groups is 2. The molecule has 39 heavy (non-hydrogen) atoms. The van der Waals surface area contributed by atoms with Crippen LogP contribution in [0.25, 0.3) is 0 Å². The van der Waals surface area contributed by atoms with Gasteiger partial charge in [-0.25, -0.2) is 0 Å². The van der Waals surface area contributed by atoms with Gasteiger partial charge >= 0.3 is 6.18 Å². The molecule has 2 amide bonds. The van der Waals surface area contributed by atoms with Crippen molar-refractivity contribution in [2.75, 3.05) is 33.8 Å². The van der Waals surface area contributed by atoms with Crippen molar-refractivity contribution < 1.29 is 32.6 Å². The van der Waals surface area contributed by atoms with E-state index < -0.39 is 23.2 Å². The molecule has 1 N–H and O–H groups in total. The van der Waals surface area contributed by atoms with Gasteiger partial charge < -0.3 is 19.6 Å². The summed E-state index contributed by atoms with van der Waals surface area (Å²) in [6.07, 6.45) is -2.38. The van der Waals surface area contributed by atoms with Gasteiger partial charge in [0.15, 0.2) is 0 Å². The number of amides is 2. The van der Waals surface area contributed by atoms with Crippen LogP contribution in [-0.4, -0.2) is 66.7 Å². The molecule has 1 saturated heterocycles. The minimum absolute atomic E-state index is 0.155. The third kappa shape index (κ3) is 7.25. The standard InChI is InChI=1S/C29H36ClF3N2O4/c1-27(2,19-39-22-10-11-23(24(30)18-22)25(36)34(3)4)15-12-20-13-16-35(17-14-20)26(37)28(38,29(31,32)33)21-8-6-5-7-9-21/h5-11,18,20,38H,12-17,19H2,1-4H3/t28-/m0/s1. The van der Waals surface area contributed by atoms with Crippen LogP contribution in [0.3, 0.4) is 0 Å². The summed E-state index contributed by atoms with van der Waals surface area (Å²) in [6, 6.07) is 11.5. The molecule has 2 aromatic carbocycles. The number of aliphatic hydroxyl groups is 1. The minimum atomic E-state index is -5.14. The Morgan fingerprint density at radius 1 is 1.08 bits per heavy atom. The van der Waals surface area contributed by atoms with Gasteiger partial charge in [-0.3, -0.25) is 9.59 Å². The third-order valence-electron chi connectivity index (χ3n) is 7.25. The zero-order valence-electron chi connectivity index (χ0n) is 22.7. The molecule has 0 aliphatic carbocycles. The Kier molecular flexibility index (Phi) is 9.60. The molecule has 0 saturated carbocycles. The molecule has 1 aliphatic rings. The molecule has 2 aromatic rings. The number of alkyl halides is 3. The van der Waals surface area contributed by atoms with Crippen LogP contribution in [0, 0.1) is 11.3 Å². The zero-order chi connectivity index (χ0) is 29.0. The number of carbonyl (C=O) groups excluding carboxylic acids is 2. The van der Waals surface area contributed by atoms with Crippen molar-refractivity contribution in [2.24, 2.45) is 11.3 Å². The highest BCUT2D eigenvalue weighted by atomic mass is 35.5. The fourth-order valence-corrected chi connectivity index (χ4v) is 4.94. The van der Waals surface area contributed by atoms with E-state index in [1.165, 1.54) is 23.1 Å². The van der Waals surface area contributed by atoms with E-state index in [0.29, 0.717) is 35.8 Å². The van der Waals surface area contributed by atoms with Crippen LogP contribution in [0.1, 0.15) is 55.5 Å². The molecule has 0 bridgehead atoms. The van der Waals surface area contributed by atoms with Crippen molar-refractivity contribution in [1.29, 1.82) is 0 Å². The summed E-state index contributed by atoms with van der Waals surface area (Å²) < 4.78 is 47.6. The molecule has 1 atom stereocenters. The molecule has 3 rings (SSSR count). The first kappa shape index (κ1) is 30.8. The number of hydrogen-bond donors (Lipinski definition) is 1. The van der Waals surface area contributed by atoms with Crippen LogP contribution in [0.5, 0.6) is 5.75 Å². The maximum atomic E-state index is 13.9. The highest BCUT2D eigenvalue weighted by molar-refractivity contribution is 6.34. The van der Waals surface area contributed by atoms with E-state index in [-0.39, 0.29) is 30.3 Å². The highest BCUT2D eigenvalue weighted by Gasteiger charge is 2.62. The lowest BCUT2D eigenvalue weighted by molar-refractivity contribution is -0.262. The first-order valence-electron chi connectivity index (χ1n) is 12.9. The SMILES string of the molecule is CN(C)C(=O)c1ccc(OCC(C)(C)CCC2CCN(C(=O)[C@@](O)(c3ccccc3)C(F)(F)F)CC2)cc1Cl. The number of rotatable bonds is 9. The Bertz CT molecular complexity index is 1150. The molecule has 0 radical (unpaired) electrons. The van der Waals surface area contributed by atoms with Crippen LogP contribution in [-0.2, 0) is 10.4 Å². The predicted octanol–water partition coefficient (Wildman–Crippen LogP) is 5.92. The number of hydrogen-bond acceptors (Lipinski definition) is 4. The molecular weight excluding hydrogens is 533 g/mol. The number of halogens is 4. The minimum Gasteiger partial charge on any atom is -0.493 e. The summed E-state index contributed by atoms with van der Waals surface area (Å²) in [5.41, 5.74) is -3.84. The summed E-state index contributed by atoms with van der Waals surface area (Å²) in [5.74, 6) is -0.714. The topological polar surface area (TPSA) is 70.1 Å². The number of ether oxygens (including phenoxy) is 1. The van der Waals surface area contributed by atoms with Gasteiger partial charge in [0.1, 0.15) is 5.75 Å². The average Bonchev–Trinajstić information content (AvgIpc) is 2.90. The first-order valence-corrected chi connectivity index (χ1v) is 13.3. The molecule has 6 nitrogen and oxygen atoms in total. The van der Waals surface area contributed by atoms with E-state index in [1.807, 2.05) is 0 Å². The van der Waals surface area contributed by atoms with Gasteiger partial charge in [0.25, 0.3) is 17.4 Å². The first-order chi connectivity index (χ1) is 18.2. The summed E-state index contributed by atoms with van der Waals surface area (Å²) >= 11 is 6.27. The Balaban J connectivity index is 1.52. The summed E-state index contributed by atoms with van der Waals surface area (Å²) in [5, 5.41) is 10.9. The zero-order valence-corrected chi connectivity index (χ0v) is 23.5. The molecule has 1 aliphatic heterocycles. The average molecular weight is 569 g/mol. The lowest BCUT2D eigenvalue weighted by Gasteiger charge is -2.39. The van der Waals surface area contributed by atoms with Crippen molar-refractivity contribution in [1.82, 2.24) is 9.80 Å². The highest BCUT2D eigenvalue weighted by Crippen LogP contribution is 2.41. The monoisotopic (exact) mass is 568 g/mol. The van der Waals surface area contributed by atoms with Crippen molar-refractivity contribution >= 4 is 23.4 Å². The second kappa shape index (κ2) is 12.2. The molecular formula is C29H36ClF3N2O4. The van der Waals surface area contributed by atoms with Gasteiger partial charge in [-0.1, -0.05) is 55.8 Å². The van der Waals surface area contributed by atoms with Gasteiger partial charge in [0.05, 0.1) is 17.2 Å². The van der Waals surface area contributed by atoms with Crippen LogP contribution in [0.2, 0.25) is 5.02 Å². The summed E-state index contributed by atoms with van der Waals surface area (Å²) in [7, 11) is 3.31. The maximum absolute atomic E-state index is 13.9. The second-order valence-electron chi connectivity index (χ2n) is 11.1. The van der Waals surface area contributed by atoms with Gasteiger partial charge in [0, 0.05) is 32.7 Å². The van der Waals surface area contributed by atoms with Crippen LogP contribution in [0.4, 0.5) is 13.2 Å². The van der Waals surface area contributed by atoms with Crippen molar-refractivity contribution in [3.63, 3.8) is 0 Å². The largest absolute Gasteiger partial charge is 0.493 e. The Labute approximate surface area is 232 Å². The number of benzene rings is 2. The van der Waals surface area contributed by atoms with Gasteiger partial charge in [-0.05, 0) is 55.2 Å². The quantitative estimate of drug-likeness (QED) is 0.408. The van der Waals surface area contributed by atoms with E-state index in [0.717, 1.165) is 29.9 Å². The lowest BCUT2D eigenvalue weighted by Crippen LogP contribution is -2.57. The van der Waals surface area contributed by atoms with Gasteiger partial charge in [-0.2, -0.15) is 13.2 Å². The van der Waals surface area contributed by atoms with Crippen molar-refractivity contribution in [2.45, 2.75) is 51.3 Å². The van der Waals surface area contributed by atoms with E-state index in [2.05, 4.69) is 13.8 Å². The molecule has 1 fully saturated rings. The van der Waals surface area contributed by atoms with E-state index in [9.17, 15) is 27.9 Å². The second-order valence-corrected chi connectivity index (χ2v) is 11.5. The van der Waals surface area contributed by atoms with Crippen LogP contribution in [0.15, 0.2) is 48.5 Å². The van der Waals surface area contributed by atoms with E-state index in [1.54, 1.807) is 32.3 Å². The lowest BCUT2D eigenvalue weighted by atomic mass is 9.82. The number of piperidine rings is 1. The smallest absolute Gasteiger partial charge is 0.430 e. The Hall–Kier alpha value is -2.78. The van der Waals surface area contributed by atoms with Gasteiger partial charge in [0.2, 0.25) is 0 Å². The third-order valence-corrected chi connectivity index (χ3v) is 7.56. The molecule has 0 unspecified atom stereocenters. The molecule has 0 spiro atoms. The molecule has 10 heteroatoms. The van der Waals surface area contributed by atoms with Crippen molar-refractivity contribution in [3.8, 4) is 5.75 Å². The summed E-state index contributed by atoms with van der Waals surface area (Å²) in [4.78, 5) is 27.7. The van der Waals surface area contributed by atoms with Gasteiger partial charge in [-0.15, -0.1) is 0 Å². The fourth-order valence-electron chi connectivity index (χ4n) is 4.69. The van der Waals surface area contributed by atoms with E-state index in [4.69, 9.17) is 16.3 Å². The predicted molar refractivity (Wildman–Crippen MR) is 144 cm³/mol. The normalized spacial score (nSPS) is 16.5. The van der Waals surface area contributed by atoms with Crippen LogP contribution >= 0.6 is 11.6 Å². The number of likely N-dealkylation sites (tertiary alicyclic amines) is 1. The number of nitrogens with zero attached hydrogens (tertiary/aromatic N) is 2. The Morgan fingerprint density at radius 3 is 2.23 bits per heavy atom. The van der Waals surface area contributed by atoms with Crippen LogP contribution < -0.4 is 4.74 Å². The molecule has 1 heterocycles. The molecule has 214 valence electrons. The fraction of sp³-hybridized carbons (Fsp3) is 0.517.